The fourth-order valence-electron chi connectivity index (χ4n) is 3.57. The lowest BCUT2D eigenvalue weighted by Gasteiger charge is -2.32. The number of hydrogen-bond donors (Lipinski definition) is 1. The van der Waals surface area contributed by atoms with Gasteiger partial charge in [0.15, 0.2) is 5.82 Å². The van der Waals surface area contributed by atoms with Gasteiger partial charge in [-0.05, 0) is 49.9 Å². The number of benzene rings is 1. The zero-order valence-electron chi connectivity index (χ0n) is 17.0. The van der Waals surface area contributed by atoms with Crippen molar-refractivity contribution in [3.63, 3.8) is 0 Å². The molecule has 1 aliphatic heterocycles. The Hall–Kier alpha value is -3.49. The van der Waals surface area contributed by atoms with E-state index in [1.165, 1.54) is 0 Å². The number of rotatable bonds is 5. The Balaban J connectivity index is 1.27. The minimum Gasteiger partial charge on any atom is -0.352 e. The minimum atomic E-state index is -0.113. The van der Waals surface area contributed by atoms with Crippen LogP contribution >= 0.6 is 0 Å². The number of nitrogens with one attached hydrogen (secondary N) is 1. The third-order valence-electron chi connectivity index (χ3n) is 5.33. The first kappa shape index (κ1) is 19.8. The molecule has 3 aromatic rings. The molecule has 0 spiro atoms. The standard InChI is InChI=1S/C21H24N6O3/c1-14-24-20(30-25-14)16-3-5-17(6-4-16)21(29)27-9-7-15(8-10-27)11-22-19(28)18-12-23-26(2)13-18/h3-6,12-13,15H,7-11H2,1-2H3,(H,22,28). The summed E-state index contributed by atoms with van der Waals surface area (Å²) in [7, 11) is 1.78. The Labute approximate surface area is 174 Å². The fraction of sp³-hybridized carbons (Fsp3) is 0.381. The van der Waals surface area contributed by atoms with E-state index in [9.17, 15) is 9.59 Å². The second-order valence-electron chi connectivity index (χ2n) is 7.57. The van der Waals surface area contributed by atoms with Gasteiger partial charge in [-0.3, -0.25) is 14.3 Å². The summed E-state index contributed by atoms with van der Waals surface area (Å²) in [6.45, 7) is 3.72. The second kappa shape index (κ2) is 8.48. The van der Waals surface area contributed by atoms with Crippen LogP contribution in [0.2, 0.25) is 0 Å². The zero-order chi connectivity index (χ0) is 21.1. The molecular formula is C21H24N6O3. The Kier molecular flexibility index (Phi) is 5.60. The van der Waals surface area contributed by atoms with Crippen LogP contribution in [-0.2, 0) is 7.05 Å². The van der Waals surface area contributed by atoms with Crippen LogP contribution in [0.1, 0.15) is 39.4 Å². The average Bonchev–Trinajstić information content (AvgIpc) is 3.40. The van der Waals surface area contributed by atoms with E-state index in [0.29, 0.717) is 48.4 Å². The quantitative estimate of drug-likeness (QED) is 0.693. The van der Waals surface area contributed by atoms with Crippen molar-refractivity contribution in [2.45, 2.75) is 19.8 Å². The Morgan fingerprint density at radius 1 is 1.17 bits per heavy atom. The summed E-state index contributed by atoms with van der Waals surface area (Å²) in [5.41, 5.74) is 1.98. The maximum absolute atomic E-state index is 12.8. The van der Waals surface area contributed by atoms with Gasteiger partial charge in [0.25, 0.3) is 17.7 Å². The van der Waals surface area contributed by atoms with Crippen molar-refractivity contribution in [3.8, 4) is 11.5 Å². The number of nitrogens with zero attached hydrogens (tertiary/aromatic N) is 5. The molecule has 1 saturated heterocycles. The lowest BCUT2D eigenvalue weighted by atomic mass is 9.96. The largest absolute Gasteiger partial charge is 0.352 e. The summed E-state index contributed by atoms with van der Waals surface area (Å²) in [6, 6.07) is 7.22. The van der Waals surface area contributed by atoms with Crippen molar-refractivity contribution in [3.05, 3.63) is 53.6 Å². The molecule has 1 N–H and O–H groups in total. The van der Waals surface area contributed by atoms with Gasteiger partial charge in [-0.2, -0.15) is 10.1 Å². The predicted molar refractivity (Wildman–Crippen MR) is 109 cm³/mol. The first-order valence-electron chi connectivity index (χ1n) is 9.96. The highest BCUT2D eigenvalue weighted by molar-refractivity contribution is 5.95. The van der Waals surface area contributed by atoms with Gasteiger partial charge >= 0.3 is 0 Å². The molecule has 9 nitrogen and oxygen atoms in total. The summed E-state index contributed by atoms with van der Waals surface area (Å²) in [6.07, 6.45) is 4.97. The minimum absolute atomic E-state index is 0.0149. The van der Waals surface area contributed by atoms with Gasteiger partial charge in [-0.15, -0.1) is 0 Å². The van der Waals surface area contributed by atoms with E-state index in [2.05, 4.69) is 20.6 Å². The molecule has 30 heavy (non-hydrogen) atoms. The molecule has 0 atom stereocenters. The van der Waals surface area contributed by atoms with E-state index in [1.54, 1.807) is 43.2 Å². The summed E-state index contributed by atoms with van der Waals surface area (Å²) in [5, 5.41) is 10.8. The third kappa shape index (κ3) is 4.40. The summed E-state index contributed by atoms with van der Waals surface area (Å²) >= 11 is 0. The zero-order valence-corrected chi connectivity index (χ0v) is 17.0. The van der Waals surface area contributed by atoms with Crippen LogP contribution in [0.4, 0.5) is 0 Å². The molecule has 4 rings (SSSR count). The highest BCUT2D eigenvalue weighted by atomic mass is 16.5. The number of carbonyl (C=O) groups excluding carboxylic acids is 2. The summed E-state index contributed by atoms with van der Waals surface area (Å²) < 4.78 is 6.76. The molecule has 0 saturated carbocycles. The monoisotopic (exact) mass is 408 g/mol. The van der Waals surface area contributed by atoms with Crippen LogP contribution in [0.15, 0.2) is 41.2 Å². The van der Waals surface area contributed by atoms with Gasteiger partial charge in [0.05, 0.1) is 11.8 Å². The maximum Gasteiger partial charge on any atom is 0.257 e. The first-order chi connectivity index (χ1) is 14.5. The highest BCUT2D eigenvalue weighted by Gasteiger charge is 2.24. The molecule has 9 heteroatoms. The van der Waals surface area contributed by atoms with Crippen molar-refractivity contribution in [2.75, 3.05) is 19.6 Å². The first-order valence-corrected chi connectivity index (χ1v) is 9.96. The molecule has 0 unspecified atom stereocenters. The number of carbonyl (C=O) groups is 2. The van der Waals surface area contributed by atoms with Gasteiger partial charge in [0, 0.05) is 44.0 Å². The summed E-state index contributed by atoms with van der Waals surface area (Å²) in [4.78, 5) is 31.0. The lowest BCUT2D eigenvalue weighted by molar-refractivity contribution is 0.0684. The van der Waals surface area contributed by atoms with Crippen LogP contribution in [0.25, 0.3) is 11.5 Å². The third-order valence-corrected chi connectivity index (χ3v) is 5.33. The highest BCUT2D eigenvalue weighted by Crippen LogP contribution is 2.21. The van der Waals surface area contributed by atoms with Crippen molar-refractivity contribution in [1.29, 1.82) is 0 Å². The molecular weight excluding hydrogens is 384 g/mol. The van der Waals surface area contributed by atoms with Gasteiger partial charge < -0.3 is 14.7 Å². The lowest BCUT2D eigenvalue weighted by Crippen LogP contribution is -2.41. The number of likely N-dealkylation sites (tertiary alicyclic amines) is 1. The van der Waals surface area contributed by atoms with Crippen LogP contribution < -0.4 is 5.32 Å². The van der Waals surface area contributed by atoms with Crippen LogP contribution in [0.5, 0.6) is 0 Å². The normalized spacial score (nSPS) is 14.7. The molecule has 0 radical (unpaired) electrons. The molecule has 1 aromatic carbocycles. The van der Waals surface area contributed by atoms with Gasteiger partial charge in [0.2, 0.25) is 0 Å². The van der Waals surface area contributed by atoms with Gasteiger partial charge in [-0.1, -0.05) is 5.16 Å². The molecule has 2 amide bonds. The van der Waals surface area contributed by atoms with E-state index in [4.69, 9.17) is 4.52 Å². The maximum atomic E-state index is 12.8. The van der Waals surface area contributed by atoms with Gasteiger partial charge in [-0.25, -0.2) is 0 Å². The van der Waals surface area contributed by atoms with E-state index < -0.39 is 0 Å². The van der Waals surface area contributed by atoms with Crippen LogP contribution in [0.3, 0.4) is 0 Å². The number of hydrogen-bond acceptors (Lipinski definition) is 6. The molecule has 2 aromatic heterocycles. The number of piperidine rings is 1. The van der Waals surface area contributed by atoms with E-state index in [-0.39, 0.29) is 11.8 Å². The SMILES string of the molecule is Cc1noc(-c2ccc(C(=O)N3CCC(CNC(=O)c4cnn(C)c4)CC3)cc2)n1. The molecule has 3 heterocycles. The Morgan fingerprint density at radius 2 is 1.90 bits per heavy atom. The Morgan fingerprint density at radius 3 is 2.50 bits per heavy atom. The Bertz CT molecular complexity index is 1030. The van der Waals surface area contributed by atoms with Crippen LogP contribution in [0, 0.1) is 12.8 Å². The number of aryl methyl sites for hydroxylation is 2. The second-order valence-corrected chi connectivity index (χ2v) is 7.57. The molecule has 0 bridgehead atoms. The smallest absolute Gasteiger partial charge is 0.257 e. The van der Waals surface area contributed by atoms with Crippen molar-refractivity contribution in [1.82, 2.24) is 30.1 Å². The molecule has 156 valence electrons. The van der Waals surface area contributed by atoms with E-state index in [0.717, 1.165) is 18.4 Å². The molecule has 1 aliphatic rings. The topological polar surface area (TPSA) is 106 Å². The molecule has 1 fully saturated rings. The fourth-order valence-corrected chi connectivity index (χ4v) is 3.57. The van der Waals surface area contributed by atoms with Crippen molar-refractivity contribution in [2.24, 2.45) is 13.0 Å². The number of aromatic nitrogens is 4. The van der Waals surface area contributed by atoms with Gasteiger partial charge in [0.1, 0.15) is 0 Å². The van der Waals surface area contributed by atoms with Crippen molar-refractivity contribution >= 4 is 11.8 Å². The van der Waals surface area contributed by atoms with Crippen molar-refractivity contribution < 1.29 is 14.1 Å². The molecule has 0 aliphatic carbocycles. The van der Waals surface area contributed by atoms with E-state index >= 15 is 0 Å². The summed E-state index contributed by atoms with van der Waals surface area (Å²) in [5.74, 6) is 1.28. The van der Waals surface area contributed by atoms with E-state index in [1.807, 2.05) is 17.0 Å². The predicted octanol–water partition coefficient (Wildman–Crippen LogP) is 2.06. The van der Waals surface area contributed by atoms with Crippen LogP contribution in [-0.4, -0.2) is 56.3 Å². The number of amides is 2. The average molecular weight is 408 g/mol.